The molecule has 1 saturated carbocycles. The Morgan fingerprint density at radius 2 is 1.68 bits per heavy atom. The first-order valence-corrected chi connectivity index (χ1v) is 11.5. The Hall–Kier alpha value is -2.18. The van der Waals surface area contributed by atoms with Crippen LogP contribution in [-0.4, -0.2) is 72.8 Å². The van der Waals surface area contributed by atoms with Gasteiger partial charge in [-0.25, -0.2) is 18.1 Å². The van der Waals surface area contributed by atoms with Crippen molar-refractivity contribution in [3.63, 3.8) is 0 Å². The monoisotopic (exact) mass is 460 g/mol. The Labute approximate surface area is 178 Å². The molecule has 1 spiro atoms. The zero-order valence-electron chi connectivity index (χ0n) is 16.7. The van der Waals surface area contributed by atoms with E-state index < -0.39 is 38.2 Å². The van der Waals surface area contributed by atoms with Gasteiger partial charge in [-0.1, -0.05) is 18.9 Å². The molecule has 0 radical (unpaired) electrons. The van der Waals surface area contributed by atoms with Crippen LogP contribution in [0.1, 0.15) is 31.2 Å². The summed E-state index contributed by atoms with van der Waals surface area (Å²) >= 11 is 0. The zero-order valence-corrected chi connectivity index (χ0v) is 17.5. The first kappa shape index (κ1) is 22.0. The molecule has 0 atom stereocenters. The fourth-order valence-corrected chi connectivity index (χ4v) is 5.88. The number of nitrogens with zero attached hydrogens (tertiary/aromatic N) is 3. The highest BCUT2D eigenvalue weighted by atomic mass is 32.2. The van der Waals surface area contributed by atoms with Gasteiger partial charge in [0.1, 0.15) is 5.54 Å². The summed E-state index contributed by atoms with van der Waals surface area (Å²) in [6, 6.07) is 3.24. The van der Waals surface area contributed by atoms with E-state index in [2.05, 4.69) is 5.32 Å². The maximum absolute atomic E-state index is 12.9. The van der Waals surface area contributed by atoms with E-state index in [0.717, 1.165) is 35.3 Å². The van der Waals surface area contributed by atoms with E-state index in [1.165, 1.54) is 4.90 Å². The number of amides is 3. The number of halogens is 3. The van der Waals surface area contributed by atoms with Crippen molar-refractivity contribution < 1.29 is 31.2 Å². The van der Waals surface area contributed by atoms with Crippen molar-refractivity contribution in [2.45, 2.75) is 42.3 Å². The van der Waals surface area contributed by atoms with E-state index in [4.69, 9.17) is 0 Å². The minimum Gasteiger partial charge on any atom is -0.323 e. The van der Waals surface area contributed by atoms with Crippen molar-refractivity contribution >= 4 is 22.0 Å². The third-order valence-electron chi connectivity index (χ3n) is 6.17. The van der Waals surface area contributed by atoms with Crippen LogP contribution < -0.4 is 5.32 Å². The van der Waals surface area contributed by atoms with Gasteiger partial charge in [0.15, 0.2) is 0 Å². The number of hydrogen-bond acceptors (Lipinski definition) is 5. The molecule has 0 bridgehead atoms. The molecular weight excluding hydrogens is 437 g/mol. The molecule has 1 aliphatic carbocycles. The molecule has 0 aromatic heterocycles. The molecule has 12 heteroatoms. The van der Waals surface area contributed by atoms with Gasteiger partial charge >= 0.3 is 12.2 Å². The number of carbonyl (C=O) groups is 2. The van der Waals surface area contributed by atoms with Crippen molar-refractivity contribution in [3.05, 3.63) is 29.8 Å². The first-order valence-electron chi connectivity index (χ1n) is 10.1. The molecule has 31 heavy (non-hydrogen) atoms. The van der Waals surface area contributed by atoms with Gasteiger partial charge in [0.05, 0.1) is 17.1 Å². The number of urea groups is 1. The molecule has 3 fully saturated rings. The van der Waals surface area contributed by atoms with Gasteiger partial charge in [0, 0.05) is 26.2 Å². The minimum atomic E-state index is -4.64. The normalized spacial score (nSPS) is 23.0. The van der Waals surface area contributed by atoms with Gasteiger partial charge in [0.25, 0.3) is 5.91 Å². The van der Waals surface area contributed by atoms with Gasteiger partial charge < -0.3 is 5.32 Å². The highest BCUT2D eigenvalue weighted by Gasteiger charge is 2.52. The van der Waals surface area contributed by atoms with Crippen LogP contribution in [0.3, 0.4) is 0 Å². The molecule has 0 unspecified atom stereocenters. The van der Waals surface area contributed by atoms with Crippen molar-refractivity contribution in [1.82, 2.24) is 19.4 Å². The molecule has 8 nitrogen and oxygen atoms in total. The minimum absolute atomic E-state index is 0.0490. The number of sulfonamides is 1. The summed E-state index contributed by atoms with van der Waals surface area (Å²) in [5, 5.41) is 2.80. The number of alkyl halides is 3. The fourth-order valence-electron chi connectivity index (χ4n) is 4.42. The Kier molecular flexibility index (Phi) is 5.51. The molecule has 2 heterocycles. The van der Waals surface area contributed by atoms with E-state index in [0.29, 0.717) is 18.9 Å². The SMILES string of the molecule is O=C1NC2(CCCC2)C(=O)N1CN1CCN(S(=O)(=O)c2cccc(C(F)(F)F)c2)CC1. The molecule has 1 N–H and O–H groups in total. The summed E-state index contributed by atoms with van der Waals surface area (Å²) < 4.78 is 65.5. The van der Waals surface area contributed by atoms with E-state index in [1.807, 2.05) is 0 Å². The molecular formula is C19H23F3N4O4S. The third kappa shape index (κ3) is 4.03. The lowest BCUT2D eigenvalue weighted by Crippen LogP contribution is -2.53. The Morgan fingerprint density at radius 3 is 2.29 bits per heavy atom. The van der Waals surface area contributed by atoms with Crippen molar-refractivity contribution in [2.75, 3.05) is 32.8 Å². The van der Waals surface area contributed by atoms with Gasteiger partial charge in [-0.3, -0.25) is 9.69 Å². The van der Waals surface area contributed by atoms with E-state index in [1.54, 1.807) is 4.90 Å². The number of hydrogen-bond donors (Lipinski definition) is 1. The summed E-state index contributed by atoms with van der Waals surface area (Å²) in [5.74, 6) is -0.242. The smallest absolute Gasteiger partial charge is 0.323 e. The van der Waals surface area contributed by atoms with E-state index >= 15 is 0 Å². The second-order valence-corrected chi connectivity index (χ2v) is 10.1. The predicted molar refractivity (Wildman–Crippen MR) is 103 cm³/mol. The maximum Gasteiger partial charge on any atom is 0.416 e. The van der Waals surface area contributed by atoms with Crippen LogP contribution in [0.15, 0.2) is 29.2 Å². The summed E-state index contributed by atoms with van der Waals surface area (Å²) in [4.78, 5) is 27.6. The van der Waals surface area contributed by atoms with Crippen LogP contribution in [0.5, 0.6) is 0 Å². The standard InChI is InChI=1S/C19H23F3N4O4S/c20-19(21,22)14-4-3-5-15(12-14)31(29,30)25-10-8-24(9-11-25)13-26-16(27)18(23-17(26)28)6-1-2-7-18/h3-5,12H,1-2,6-11,13H2,(H,23,28). The molecule has 1 aromatic rings. The summed E-state index contributed by atoms with van der Waals surface area (Å²) in [6.45, 7) is 0.662. The number of imide groups is 1. The van der Waals surface area contributed by atoms with Crippen LogP contribution in [0.2, 0.25) is 0 Å². The Balaban J connectivity index is 1.40. The van der Waals surface area contributed by atoms with Crippen LogP contribution in [0.4, 0.5) is 18.0 Å². The fraction of sp³-hybridized carbons (Fsp3) is 0.579. The highest BCUT2D eigenvalue weighted by molar-refractivity contribution is 7.89. The number of carbonyl (C=O) groups excluding carboxylic acids is 2. The van der Waals surface area contributed by atoms with Crippen LogP contribution in [0, 0.1) is 0 Å². The first-order chi connectivity index (χ1) is 14.5. The summed E-state index contributed by atoms with van der Waals surface area (Å²) in [7, 11) is -4.09. The van der Waals surface area contributed by atoms with Crippen molar-refractivity contribution in [1.29, 1.82) is 0 Å². The molecule has 1 aromatic carbocycles. The average Bonchev–Trinajstić information content (AvgIpc) is 3.28. The van der Waals surface area contributed by atoms with E-state index in [9.17, 15) is 31.2 Å². The Bertz CT molecular complexity index is 984. The van der Waals surface area contributed by atoms with Gasteiger partial charge in [-0.2, -0.15) is 17.5 Å². The van der Waals surface area contributed by atoms with Crippen LogP contribution >= 0.6 is 0 Å². The quantitative estimate of drug-likeness (QED) is 0.693. The van der Waals surface area contributed by atoms with Crippen molar-refractivity contribution in [3.8, 4) is 0 Å². The maximum atomic E-state index is 12.9. The summed E-state index contributed by atoms with van der Waals surface area (Å²) in [6.07, 6.45) is -1.63. The number of nitrogens with one attached hydrogen (secondary N) is 1. The lowest BCUT2D eigenvalue weighted by atomic mass is 9.98. The number of benzene rings is 1. The second kappa shape index (κ2) is 7.75. The van der Waals surface area contributed by atoms with Gasteiger partial charge in [0.2, 0.25) is 10.0 Å². The molecule has 170 valence electrons. The number of rotatable bonds is 4. The van der Waals surface area contributed by atoms with Gasteiger partial charge in [-0.15, -0.1) is 0 Å². The number of piperazine rings is 1. The molecule has 2 aliphatic heterocycles. The third-order valence-corrected chi connectivity index (χ3v) is 8.07. The average molecular weight is 460 g/mol. The van der Waals surface area contributed by atoms with Crippen LogP contribution in [0.25, 0.3) is 0 Å². The Morgan fingerprint density at radius 1 is 1.03 bits per heavy atom. The molecule has 3 aliphatic rings. The lowest BCUT2D eigenvalue weighted by Gasteiger charge is -2.35. The molecule has 3 amide bonds. The zero-order chi connectivity index (χ0) is 22.4. The summed E-state index contributed by atoms with van der Waals surface area (Å²) in [5.41, 5.74) is -1.82. The second-order valence-electron chi connectivity index (χ2n) is 8.14. The molecule has 2 saturated heterocycles. The van der Waals surface area contributed by atoms with Crippen molar-refractivity contribution in [2.24, 2.45) is 0 Å². The van der Waals surface area contributed by atoms with Gasteiger partial charge in [-0.05, 0) is 31.0 Å². The highest BCUT2D eigenvalue weighted by Crippen LogP contribution is 2.35. The molecule has 4 rings (SSSR count). The lowest BCUT2D eigenvalue weighted by molar-refractivity contribution is -0.137. The van der Waals surface area contributed by atoms with E-state index in [-0.39, 0.29) is 38.8 Å². The topological polar surface area (TPSA) is 90.0 Å². The largest absolute Gasteiger partial charge is 0.416 e. The predicted octanol–water partition coefficient (Wildman–Crippen LogP) is 1.83. The van der Waals surface area contributed by atoms with Crippen LogP contribution in [-0.2, 0) is 21.0 Å².